The van der Waals surface area contributed by atoms with Crippen molar-refractivity contribution in [3.63, 3.8) is 0 Å². The lowest BCUT2D eigenvalue weighted by molar-refractivity contribution is 0.390. The summed E-state index contributed by atoms with van der Waals surface area (Å²) in [6, 6.07) is 15.7. The maximum absolute atomic E-state index is 14.5. The van der Waals surface area contributed by atoms with Gasteiger partial charge in [0.2, 0.25) is 0 Å². The molecule has 0 atom stereocenters. The second-order valence-corrected chi connectivity index (χ2v) is 9.42. The molecule has 0 amide bonds. The van der Waals surface area contributed by atoms with Gasteiger partial charge in [-0.1, -0.05) is 32.0 Å². The molecule has 2 aromatic carbocycles. The number of hydrogen-bond donors (Lipinski definition) is 0. The summed E-state index contributed by atoms with van der Waals surface area (Å²) in [5.74, 6) is 1.53. The Balaban J connectivity index is 1.67. The van der Waals surface area contributed by atoms with Crippen molar-refractivity contribution in [2.24, 2.45) is 5.92 Å². The minimum absolute atomic E-state index is 0.184. The zero-order valence-electron chi connectivity index (χ0n) is 21.8. The van der Waals surface area contributed by atoms with Gasteiger partial charge in [-0.25, -0.2) is 23.5 Å². The lowest BCUT2D eigenvalue weighted by Gasteiger charge is -2.11. The van der Waals surface area contributed by atoms with Crippen LogP contribution in [0, 0.1) is 11.7 Å². The number of halogens is 1. The van der Waals surface area contributed by atoms with Gasteiger partial charge in [0.15, 0.2) is 11.5 Å². The number of nitrogens with zero attached hydrogens (tertiary/aromatic N) is 6. The van der Waals surface area contributed by atoms with E-state index in [4.69, 9.17) is 19.7 Å². The van der Waals surface area contributed by atoms with Crippen molar-refractivity contribution in [2.45, 2.75) is 33.5 Å². The Hall–Kier alpha value is -4.47. The van der Waals surface area contributed by atoms with Gasteiger partial charge in [0.05, 0.1) is 32.7 Å². The van der Waals surface area contributed by atoms with Gasteiger partial charge in [0.25, 0.3) is 0 Å². The molecule has 0 unspecified atom stereocenters. The zero-order chi connectivity index (χ0) is 26.8. The minimum atomic E-state index is -0.321. The zero-order valence-corrected chi connectivity index (χ0v) is 21.8. The minimum Gasteiger partial charge on any atom is -0.497 e. The molecule has 0 radical (unpaired) electrons. The SMILES string of the molecule is COc1ccc(Cn2c(-c3nn(Cc4ccccc4F)c4ncccc34)nn(CC(C)C)c2=O)c(OC)c1. The highest BCUT2D eigenvalue weighted by Crippen LogP contribution is 2.29. The molecule has 0 saturated carbocycles. The standard InChI is InChI=1S/C28H29FN6O3/c1-18(2)15-35-28(36)33(16-20-11-12-21(37-3)14-24(20)38-4)27(32-35)25-22-9-7-13-30-26(22)34(31-25)17-19-8-5-6-10-23(19)29/h5-14,18H,15-17H2,1-4H3. The molecule has 38 heavy (non-hydrogen) atoms. The maximum Gasteiger partial charge on any atom is 0.346 e. The second kappa shape index (κ2) is 10.5. The average molecular weight is 517 g/mol. The van der Waals surface area contributed by atoms with Crippen molar-refractivity contribution in [3.05, 3.63) is 88.2 Å². The smallest absolute Gasteiger partial charge is 0.346 e. The topological polar surface area (TPSA) is 89.0 Å². The monoisotopic (exact) mass is 516 g/mol. The molecule has 3 heterocycles. The van der Waals surface area contributed by atoms with Crippen molar-refractivity contribution in [1.82, 2.24) is 29.1 Å². The van der Waals surface area contributed by atoms with Crippen LogP contribution in [0.1, 0.15) is 25.0 Å². The Kier molecular flexibility index (Phi) is 6.95. The third-order valence-corrected chi connectivity index (χ3v) is 6.28. The van der Waals surface area contributed by atoms with Crippen LogP contribution in [0.25, 0.3) is 22.6 Å². The third kappa shape index (κ3) is 4.77. The van der Waals surface area contributed by atoms with Crippen molar-refractivity contribution in [2.75, 3.05) is 14.2 Å². The summed E-state index contributed by atoms with van der Waals surface area (Å²) in [7, 11) is 3.16. The van der Waals surface area contributed by atoms with E-state index in [0.717, 1.165) is 5.56 Å². The van der Waals surface area contributed by atoms with Crippen LogP contribution < -0.4 is 15.2 Å². The Morgan fingerprint density at radius 3 is 2.47 bits per heavy atom. The maximum atomic E-state index is 14.5. The summed E-state index contributed by atoms with van der Waals surface area (Å²) in [6.45, 7) is 4.90. The lowest BCUT2D eigenvalue weighted by Crippen LogP contribution is -2.27. The lowest BCUT2D eigenvalue weighted by atomic mass is 10.2. The van der Waals surface area contributed by atoms with E-state index in [9.17, 15) is 9.18 Å². The van der Waals surface area contributed by atoms with Crippen LogP contribution >= 0.6 is 0 Å². The number of ether oxygens (including phenoxy) is 2. The molecule has 5 rings (SSSR count). The van der Waals surface area contributed by atoms with Gasteiger partial charge in [0.1, 0.15) is 23.0 Å². The Labute approximate surface area is 219 Å². The molecule has 0 N–H and O–H groups in total. The quantitative estimate of drug-likeness (QED) is 0.289. The van der Waals surface area contributed by atoms with Crippen LogP contribution in [0.15, 0.2) is 65.6 Å². The predicted octanol–water partition coefficient (Wildman–Crippen LogP) is 4.37. The van der Waals surface area contributed by atoms with Crippen molar-refractivity contribution in [3.8, 4) is 23.0 Å². The average Bonchev–Trinajstić information content (AvgIpc) is 3.42. The molecule has 9 nitrogen and oxygen atoms in total. The molecule has 10 heteroatoms. The molecule has 0 aliphatic heterocycles. The van der Waals surface area contributed by atoms with Gasteiger partial charge in [-0.05, 0) is 36.2 Å². The van der Waals surface area contributed by atoms with Gasteiger partial charge in [-0.2, -0.15) is 5.10 Å². The summed E-state index contributed by atoms with van der Waals surface area (Å²) in [6.07, 6.45) is 1.66. The number of benzene rings is 2. The van der Waals surface area contributed by atoms with Gasteiger partial charge in [-0.15, -0.1) is 5.10 Å². The molecule has 0 bridgehead atoms. The second-order valence-electron chi connectivity index (χ2n) is 9.42. The Bertz CT molecular complexity index is 1650. The fraction of sp³-hybridized carbons (Fsp3) is 0.286. The van der Waals surface area contributed by atoms with Gasteiger partial charge in [0, 0.05) is 29.9 Å². The number of aromatic nitrogens is 6. The number of hydrogen-bond acceptors (Lipinski definition) is 6. The largest absolute Gasteiger partial charge is 0.497 e. The fourth-order valence-electron chi connectivity index (χ4n) is 4.45. The normalized spacial score (nSPS) is 11.4. The van der Waals surface area contributed by atoms with Gasteiger partial charge >= 0.3 is 5.69 Å². The van der Waals surface area contributed by atoms with Crippen molar-refractivity contribution < 1.29 is 13.9 Å². The van der Waals surface area contributed by atoms with Crippen LogP contribution in [0.3, 0.4) is 0 Å². The molecule has 5 aromatic rings. The molecule has 0 saturated heterocycles. The van der Waals surface area contributed by atoms with Gasteiger partial charge in [-0.3, -0.25) is 4.57 Å². The van der Waals surface area contributed by atoms with Crippen LogP contribution in [-0.4, -0.2) is 43.3 Å². The van der Waals surface area contributed by atoms with E-state index in [2.05, 4.69) is 4.98 Å². The number of rotatable bonds is 9. The molecule has 3 aromatic heterocycles. The highest BCUT2D eigenvalue weighted by Gasteiger charge is 2.23. The fourth-order valence-corrected chi connectivity index (χ4v) is 4.45. The van der Waals surface area contributed by atoms with E-state index < -0.39 is 0 Å². The van der Waals surface area contributed by atoms with E-state index in [1.807, 2.05) is 32.0 Å². The summed E-state index contributed by atoms with van der Waals surface area (Å²) in [4.78, 5) is 18.1. The first-order valence-electron chi connectivity index (χ1n) is 12.3. The number of pyridine rings is 1. The predicted molar refractivity (Wildman–Crippen MR) is 142 cm³/mol. The van der Waals surface area contributed by atoms with Crippen LogP contribution in [-0.2, 0) is 19.6 Å². The van der Waals surface area contributed by atoms with E-state index in [1.165, 1.54) is 10.7 Å². The molecule has 196 valence electrons. The summed E-state index contributed by atoms with van der Waals surface area (Å²) >= 11 is 0. The first-order chi connectivity index (χ1) is 18.4. The van der Waals surface area contributed by atoms with E-state index in [-0.39, 0.29) is 30.5 Å². The van der Waals surface area contributed by atoms with E-state index in [1.54, 1.807) is 60.0 Å². The summed E-state index contributed by atoms with van der Waals surface area (Å²) in [5.41, 5.74) is 2.09. The first kappa shape index (κ1) is 25.2. The van der Waals surface area contributed by atoms with E-state index >= 15 is 0 Å². The summed E-state index contributed by atoms with van der Waals surface area (Å²) in [5, 5.41) is 10.2. The van der Waals surface area contributed by atoms with Crippen LogP contribution in [0.4, 0.5) is 4.39 Å². The number of fused-ring (bicyclic) bond motifs is 1. The molecule has 0 fully saturated rings. The van der Waals surface area contributed by atoms with E-state index in [0.29, 0.717) is 46.2 Å². The highest BCUT2D eigenvalue weighted by atomic mass is 19.1. The van der Waals surface area contributed by atoms with Crippen molar-refractivity contribution in [1.29, 1.82) is 0 Å². The Morgan fingerprint density at radius 2 is 1.74 bits per heavy atom. The third-order valence-electron chi connectivity index (χ3n) is 6.28. The molecular weight excluding hydrogens is 487 g/mol. The highest BCUT2D eigenvalue weighted by molar-refractivity contribution is 5.89. The number of methoxy groups -OCH3 is 2. The molecule has 0 spiro atoms. The molecule has 0 aliphatic rings. The van der Waals surface area contributed by atoms with Crippen LogP contribution in [0.5, 0.6) is 11.5 Å². The van der Waals surface area contributed by atoms with Gasteiger partial charge < -0.3 is 9.47 Å². The Morgan fingerprint density at radius 1 is 0.921 bits per heavy atom. The van der Waals surface area contributed by atoms with Crippen molar-refractivity contribution >= 4 is 11.0 Å². The summed E-state index contributed by atoms with van der Waals surface area (Å²) < 4.78 is 30.1. The first-order valence-corrected chi connectivity index (χ1v) is 12.3. The molecule has 0 aliphatic carbocycles. The van der Waals surface area contributed by atoms with Crippen LogP contribution in [0.2, 0.25) is 0 Å². The molecular formula is C28H29FN6O3.